The first-order chi connectivity index (χ1) is 10.9. The van der Waals surface area contributed by atoms with Gasteiger partial charge >= 0.3 is 0 Å². The summed E-state index contributed by atoms with van der Waals surface area (Å²) in [6, 6.07) is 30.9. The smallest absolute Gasteiger partial charge is 0 e. The van der Waals surface area contributed by atoms with Gasteiger partial charge in [0, 0.05) is 17.1 Å². The number of rotatable bonds is 0. The Bertz CT molecular complexity index is 988. The monoisotopic (exact) mass is 341 g/mol. The zero-order valence-electron chi connectivity index (χ0n) is 12.4. The van der Waals surface area contributed by atoms with Crippen molar-refractivity contribution in [2.24, 2.45) is 0 Å². The molecule has 0 heterocycles. The summed E-state index contributed by atoms with van der Waals surface area (Å²) in [6.45, 7) is 0. The topological polar surface area (TPSA) is 0 Å². The predicted molar refractivity (Wildman–Crippen MR) is 96.5 cm³/mol. The fourth-order valence-corrected chi connectivity index (χ4v) is 3.39. The van der Waals surface area contributed by atoms with Crippen LogP contribution in [0.25, 0.3) is 43.1 Å². The van der Waals surface area contributed by atoms with E-state index in [2.05, 4.69) is 84.9 Å². The molecule has 0 saturated heterocycles. The van der Waals surface area contributed by atoms with Gasteiger partial charge in [0.15, 0.2) is 0 Å². The zero-order valence-corrected chi connectivity index (χ0v) is 13.3. The second kappa shape index (κ2) is 5.38. The van der Waals surface area contributed by atoms with Gasteiger partial charge in [-0.1, -0.05) is 48.5 Å². The third-order valence-corrected chi connectivity index (χ3v) is 4.52. The molecule has 0 spiro atoms. The van der Waals surface area contributed by atoms with Gasteiger partial charge in [-0.3, -0.25) is 0 Å². The molecule has 0 aliphatic rings. The van der Waals surface area contributed by atoms with Crippen molar-refractivity contribution in [3.05, 3.63) is 84.9 Å². The third kappa shape index (κ3) is 2.30. The van der Waals surface area contributed by atoms with Gasteiger partial charge in [0.05, 0.1) is 0 Å². The van der Waals surface area contributed by atoms with Crippen LogP contribution < -0.4 is 0 Å². The molecule has 0 amide bonds. The SMILES string of the molecule is [Cu].c1ccc2cc3cc4cc5ccccc5cc4cc3cc2c1. The summed E-state index contributed by atoms with van der Waals surface area (Å²) >= 11 is 0. The van der Waals surface area contributed by atoms with Crippen molar-refractivity contribution in [3.8, 4) is 0 Å². The quantitative estimate of drug-likeness (QED) is 0.229. The van der Waals surface area contributed by atoms with Crippen molar-refractivity contribution in [1.29, 1.82) is 0 Å². The zero-order chi connectivity index (χ0) is 14.5. The van der Waals surface area contributed by atoms with Gasteiger partial charge in [0.25, 0.3) is 0 Å². The van der Waals surface area contributed by atoms with Crippen LogP contribution in [-0.4, -0.2) is 0 Å². The molecule has 0 nitrogen and oxygen atoms in total. The molecule has 23 heavy (non-hydrogen) atoms. The Hall–Kier alpha value is -2.34. The standard InChI is InChI=1S/C22H14.Cu/c1-2-6-16-10-20-14-22-12-18-8-4-3-7-17(18)11-21(22)13-19(20)9-15(16)5-1;/h1-14H;. The Morgan fingerprint density at radius 2 is 0.522 bits per heavy atom. The van der Waals surface area contributed by atoms with Gasteiger partial charge in [-0.25, -0.2) is 0 Å². The summed E-state index contributed by atoms with van der Waals surface area (Å²) in [4.78, 5) is 0. The summed E-state index contributed by atoms with van der Waals surface area (Å²) in [6.07, 6.45) is 0. The van der Waals surface area contributed by atoms with Gasteiger partial charge in [0.1, 0.15) is 0 Å². The van der Waals surface area contributed by atoms with Crippen molar-refractivity contribution in [1.82, 2.24) is 0 Å². The molecule has 113 valence electrons. The fourth-order valence-electron chi connectivity index (χ4n) is 3.39. The Labute approximate surface area is 145 Å². The van der Waals surface area contributed by atoms with E-state index in [0.717, 1.165) is 0 Å². The van der Waals surface area contributed by atoms with Crippen molar-refractivity contribution >= 4 is 43.1 Å². The van der Waals surface area contributed by atoms with Crippen molar-refractivity contribution in [2.75, 3.05) is 0 Å². The molecule has 0 unspecified atom stereocenters. The summed E-state index contributed by atoms with van der Waals surface area (Å²) in [5.41, 5.74) is 0. The maximum atomic E-state index is 2.31. The minimum atomic E-state index is 0. The Morgan fingerprint density at radius 1 is 0.304 bits per heavy atom. The van der Waals surface area contributed by atoms with Crippen molar-refractivity contribution in [3.63, 3.8) is 0 Å². The predicted octanol–water partition coefficient (Wildman–Crippen LogP) is 6.30. The molecule has 0 saturated carbocycles. The van der Waals surface area contributed by atoms with E-state index in [1.807, 2.05) is 0 Å². The average molecular weight is 342 g/mol. The van der Waals surface area contributed by atoms with Crippen LogP contribution in [0.4, 0.5) is 0 Å². The molecule has 0 aliphatic heterocycles. The number of hydrogen-bond acceptors (Lipinski definition) is 0. The molecule has 0 bridgehead atoms. The van der Waals surface area contributed by atoms with E-state index in [-0.39, 0.29) is 17.1 Å². The van der Waals surface area contributed by atoms with E-state index < -0.39 is 0 Å². The van der Waals surface area contributed by atoms with Gasteiger partial charge < -0.3 is 0 Å². The minimum absolute atomic E-state index is 0. The molecule has 1 radical (unpaired) electrons. The third-order valence-electron chi connectivity index (χ3n) is 4.52. The molecule has 5 aromatic carbocycles. The van der Waals surface area contributed by atoms with E-state index >= 15 is 0 Å². The molecule has 0 fully saturated rings. The van der Waals surface area contributed by atoms with Gasteiger partial charge in [-0.05, 0) is 79.5 Å². The van der Waals surface area contributed by atoms with Crippen LogP contribution in [0.2, 0.25) is 0 Å². The van der Waals surface area contributed by atoms with Crippen LogP contribution in [0.5, 0.6) is 0 Å². The summed E-state index contributed by atoms with van der Waals surface area (Å²) in [7, 11) is 0. The fraction of sp³-hybridized carbons (Fsp3) is 0. The maximum Gasteiger partial charge on any atom is 0 e. The molecule has 5 rings (SSSR count). The summed E-state index contributed by atoms with van der Waals surface area (Å²) in [5.74, 6) is 0. The van der Waals surface area contributed by atoms with Gasteiger partial charge in [0.2, 0.25) is 0 Å². The van der Waals surface area contributed by atoms with E-state index in [1.165, 1.54) is 43.1 Å². The van der Waals surface area contributed by atoms with E-state index in [4.69, 9.17) is 0 Å². The van der Waals surface area contributed by atoms with Crippen LogP contribution in [0.15, 0.2) is 84.9 Å². The molecule has 1 heteroatoms. The second-order valence-corrected chi connectivity index (χ2v) is 5.95. The summed E-state index contributed by atoms with van der Waals surface area (Å²) < 4.78 is 0. The Kier molecular flexibility index (Phi) is 3.34. The number of hydrogen-bond donors (Lipinski definition) is 0. The first kappa shape index (κ1) is 14.3. The molecule has 0 atom stereocenters. The van der Waals surface area contributed by atoms with Crippen LogP contribution in [0.1, 0.15) is 0 Å². The molecular weight excluding hydrogens is 328 g/mol. The largest absolute Gasteiger partial charge is 0.0616 e. The Morgan fingerprint density at radius 3 is 0.783 bits per heavy atom. The van der Waals surface area contributed by atoms with Crippen LogP contribution in [-0.2, 0) is 17.1 Å². The summed E-state index contributed by atoms with van der Waals surface area (Å²) in [5, 5.41) is 10.4. The van der Waals surface area contributed by atoms with Gasteiger partial charge in [-0.15, -0.1) is 0 Å². The van der Waals surface area contributed by atoms with Crippen LogP contribution in [0.3, 0.4) is 0 Å². The van der Waals surface area contributed by atoms with Gasteiger partial charge in [-0.2, -0.15) is 0 Å². The number of benzene rings is 5. The molecule has 5 aromatic rings. The molecule has 0 aliphatic carbocycles. The van der Waals surface area contributed by atoms with E-state index in [1.54, 1.807) is 0 Å². The Balaban J connectivity index is 0.00000135. The van der Waals surface area contributed by atoms with Crippen molar-refractivity contribution < 1.29 is 17.1 Å². The number of fused-ring (bicyclic) bond motifs is 4. The van der Waals surface area contributed by atoms with E-state index in [9.17, 15) is 0 Å². The normalized spacial score (nSPS) is 11.1. The maximum absolute atomic E-state index is 2.31. The van der Waals surface area contributed by atoms with Crippen LogP contribution >= 0.6 is 0 Å². The van der Waals surface area contributed by atoms with Crippen molar-refractivity contribution in [2.45, 2.75) is 0 Å². The first-order valence-corrected chi connectivity index (χ1v) is 7.62. The minimum Gasteiger partial charge on any atom is -0.0616 e. The second-order valence-electron chi connectivity index (χ2n) is 5.95. The first-order valence-electron chi connectivity index (χ1n) is 7.62. The van der Waals surface area contributed by atoms with E-state index in [0.29, 0.717) is 0 Å². The molecular formula is C22H14Cu. The van der Waals surface area contributed by atoms with Crippen LogP contribution in [0, 0.1) is 0 Å². The molecule has 0 aromatic heterocycles. The average Bonchev–Trinajstić information content (AvgIpc) is 2.56. The molecule has 0 N–H and O–H groups in total.